The second-order valence-corrected chi connectivity index (χ2v) is 5.73. The summed E-state index contributed by atoms with van der Waals surface area (Å²) in [4.78, 5) is 12.5. The van der Waals surface area contributed by atoms with Gasteiger partial charge < -0.3 is 4.74 Å². The molecular weight excluding hydrogens is 290 g/mol. The average Bonchev–Trinajstić information content (AvgIpc) is 2.83. The van der Waals surface area contributed by atoms with Gasteiger partial charge in [-0.05, 0) is 61.4 Å². The second kappa shape index (κ2) is 5.76. The van der Waals surface area contributed by atoms with Gasteiger partial charge in [-0.3, -0.25) is 10.6 Å². The molecule has 0 unspecified atom stereocenters. The number of nitrogens with zero attached hydrogens (tertiary/aromatic N) is 2. The molecule has 118 valence electrons. The lowest BCUT2D eigenvalue weighted by Crippen LogP contribution is -2.37. The van der Waals surface area contributed by atoms with Crippen LogP contribution in [0.3, 0.4) is 0 Å². The number of aryl methyl sites for hydroxylation is 2. The molecule has 0 aliphatic carbocycles. The van der Waals surface area contributed by atoms with Gasteiger partial charge >= 0.3 is 0 Å². The van der Waals surface area contributed by atoms with Crippen molar-refractivity contribution in [1.82, 2.24) is 4.68 Å². The first-order valence-corrected chi connectivity index (χ1v) is 7.43. The molecule has 2 aromatic carbocycles. The maximum atomic E-state index is 12.5. The molecular formula is C18H20N3O2+. The number of carbonyl (C=O) groups excluding carboxylic acids is 1. The third kappa shape index (κ3) is 2.77. The van der Waals surface area contributed by atoms with Crippen LogP contribution in [0.25, 0.3) is 11.0 Å². The average molecular weight is 310 g/mol. The van der Waals surface area contributed by atoms with Gasteiger partial charge in [-0.2, -0.15) is 0 Å². The Morgan fingerprint density at radius 3 is 2.48 bits per heavy atom. The van der Waals surface area contributed by atoms with E-state index in [2.05, 4.69) is 19.9 Å². The van der Waals surface area contributed by atoms with Gasteiger partial charge in [-0.25, -0.2) is 4.57 Å². The van der Waals surface area contributed by atoms with E-state index in [0.717, 1.165) is 16.8 Å². The number of rotatable bonds is 4. The zero-order chi connectivity index (χ0) is 16.6. The summed E-state index contributed by atoms with van der Waals surface area (Å²) in [6, 6.07) is 11.2. The first kappa shape index (κ1) is 15.1. The van der Waals surface area contributed by atoms with Gasteiger partial charge in [0, 0.05) is 5.56 Å². The van der Waals surface area contributed by atoms with Crippen molar-refractivity contribution < 1.29 is 14.1 Å². The molecule has 5 heteroatoms. The van der Waals surface area contributed by atoms with E-state index in [-0.39, 0.29) is 12.3 Å². The van der Waals surface area contributed by atoms with E-state index in [1.54, 1.807) is 42.4 Å². The topological polar surface area (TPSA) is 61.1 Å². The molecule has 1 aromatic heterocycles. The summed E-state index contributed by atoms with van der Waals surface area (Å²) in [7, 11) is 1.60. The smallest absolute Gasteiger partial charge is 0.268 e. The Balaban J connectivity index is 1.94. The number of hydrogen-bond donors (Lipinski definition) is 1. The Morgan fingerprint density at radius 1 is 1.17 bits per heavy atom. The number of ketones is 1. The molecule has 23 heavy (non-hydrogen) atoms. The summed E-state index contributed by atoms with van der Waals surface area (Å²) in [5.41, 5.74) is 4.87. The van der Waals surface area contributed by atoms with Gasteiger partial charge in [-0.15, -0.1) is 4.68 Å². The molecule has 5 nitrogen and oxygen atoms in total. The third-order valence-corrected chi connectivity index (χ3v) is 4.17. The van der Waals surface area contributed by atoms with E-state index in [1.165, 1.54) is 11.1 Å². The molecule has 1 heterocycles. The predicted octanol–water partition coefficient (Wildman–Crippen LogP) is 2.15. The highest BCUT2D eigenvalue weighted by molar-refractivity contribution is 5.95. The zero-order valence-electron chi connectivity index (χ0n) is 13.5. The number of nitrogen functional groups attached to an aromatic ring is 1. The molecule has 0 bridgehead atoms. The van der Waals surface area contributed by atoms with Crippen molar-refractivity contribution in [2.24, 2.45) is 0 Å². The van der Waals surface area contributed by atoms with Crippen LogP contribution in [0.4, 0.5) is 0 Å². The Morgan fingerprint density at radius 2 is 1.83 bits per heavy atom. The fraction of sp³-hybridized carbons (Fsp3) is 0.222. The van der Waals surface area contributed by atoms with Crippen molar-refractivity contribution in [2.75, 3.05) is 13.0 Å². The normalized spacial score (nSPS) is 10.9. The van der Waals surface area contributed by atoms with Crippen LogP contribution in [0.2, 0.25) is 0 Å². The molecule has 0 amide bonds. The van der Waals surface area contributed by atoms with E-state index in [0.29, 0.717) is 5.56 Å². The van der Waals surface area contributed by atoms with Gasteiger partial charge in [-0.1, -0.05) is 0 Å². The van der Waals surface area contributed by atoms with Crippen molar-refractivity contribution in [3.63, 3.8) is 0 Å². The van der Waals surface area contributed by atoms with E-state index < -0.39 is 0 Å². The number of methoxy groups -OCH3 is 1. The fourth-order valence-corrected chi connectivity index (χ4v) is 2.65. The van der Waals surface area contributed by atoms with Crippen LogP contribution in [-0.4, -0.2) is 17.6 Å². The molecule has 0 fully saturated rings. The van der Waals surface area contributed by atoms with Crippen molar-refractivity contribution in [3.8, 4) is 5.75 Å². The van der Waals surface area contributed by atoms with E-state index in [1.807, 2.05) is 10.6 Å². The molecule has 0 spiro atoms. The molecule has 3 rings (SSSR count). The van der Waals surface area contributed by atoms with E-state index in [4.69, 9.17) is 10.6 Å². The summed E-state index contributed by atoms with van der Waals surface area (Å²) in [6.45, 7) is 4.35. The maximum absolute atomic E-state index is 12.5. The highest BCUT2D eigenvalue weighted by atomic mass is 16.5. The number of carbonyl (C=O) groups is 1. The van der Waals surface area contributed by atoms with E-state index in [9.17, 15) is 4.79 Å². The van der Waals surface area contributed by atoms with Crippen LogP contribution in [0.5, 0.6) is 5.75 Å². The van der Waals surface area contributed by atoms with Gasteiger partial charge in [0.2, 0.25) is 5.78 Å². The first-order valence-electron chi connectivity index (χ1n) is 7.43. The molecule has 0 aliphatic heterocycles. The van der Waals surface area contributed by atoms with Crippen LogP contribution >= 0.6 is 0 Å². The highest BCUT2D eigenvalue weighted by Crippen LogP contribution is 2.16. The summed E-state index contributed by atoms with van der Waals surface area (Å²) >= 11 is 0. The lowest BCUT2D eigenvalue weighted by atomic mass is 10.1. The number of aromatic nitrogens is 2. The van der Waals surface area contributed by atoms with E-state index >= 15 is 0 Å². The van der Waals surface area contributed by atoms with Crippen LogP contribution in [0, 0.1) is 13.8 Å². The molecule has 2 N–H and O–H groups in total. The number of nitrogens with two attached hydrogens (primary N) is 1. The lowest BCUT2D eigenvalue weighted by molar-refractivity contribution is -0.657. The van der Waals surface area contributed by atoms with Crippen LogP contribution in [0.15, 0.2) is 42.7 Å². The minimum atomic E-state index is 0.0309. The SMILES string of the molecule is COc1ccc(C(=O)C[n+]2cn(N)c3cc(C)c(C)cc32)cc1. The summed E-state index contributed by atoms with van der Waals surface area (Å²) < 4.78 is 8.56. The highest BCUT2D eigenvalue weighted by Gasteiger charge is 2.18. The van der Waals surface area contributed by atoms with Crippen LogP contribution in [0.1, 0.15) is 21.5 Å². The number of hydrogen-bond acceptors (Lipinski definition) is 3. The molecule has 0 atom stereocenters. The summed E-state index contributed by atoms with van der Waals surface area (Å²) in [5.74, 6) is 6.78. The number of imidazole rings is 1. The monoisotopic (exact) mass is 310 g/mol. The van der Waals surface area contributed by atoms with Crippen molar-refractivity contribution in [1.29, 1.82) is 0 Å². The maximum Gasteiger partial charge on any atom is 0.268 e. The van der Waals surface area contributed by atoms with Crippen molar-refractivity contribution in [2.45, 2.75) is 20.4 Å². The number of fused-ring (bicyclic) bond motifs is 1. The zero-order valence-corrected chi connectivity index (χ0v) is 13.5. The Labute approximate surface area is 134 Å². The minimum absolute atomic E-state index is 0.0309. The molecule has 0 saturated carbocycles. The second-order valence-electron chi connectivity index (χ2n) is 5.73. The molecule has 3 aromatic rings. The standard InChI is InChI=1S/C18H20N3O2/c1-12-8-16-17(9-13(12)2)21(19)11-20(16)10-18(22)14-4-6-15(23-3)7-5-14/h4-9,11H,10,19H2,1-3H3/q+1. The largest absolute Gasteiger partial charge is 0.497 e. The fourth-order valence-electron chi connectivity index (χ4n) is 2.65. The van der Waals surface area contributed by atoms with Gasteiger partial charge in [0.05, 0.1) is 7.11 Å². The van der Waals surface area contributed by atoms with Gasteiger partial charge in [0.15, 0.2) is 17.6 Å². The quantitative estimate of drug-likeness (QED) is 0.456. The number of ether oxygens (including phenoxy) is 1. The van der Waals surface area contributed by atoms with Crippen molar-refractivity contribution >= 4 is 16.8 Å². The van der Waals surface area contributed by atoms with Gasteiger partial charge in [0.1, 0.15) is 5.75 Å². The number of benzene rings is 2. The molecule has 0 aliphatic rings. The predicted molar refractivity (Wildman–Crippen MR) is 89.1 cm³/mol. The Bertz CT molecular complexity index is 879. The number of Topliss-reactive ketones (excluding diaryl/α,β-unsaturated/α-hetero) is 1. The molecule has 0 radical (unpaired) electrons. The Kier molecular flexibility index (Phi) is 3.78. The van der Waals surface area contributed by atoms with Crippen LogP contribution in [-0.2, 0) is 6.54 Å². The summed E-state index contributed by atoms with van der Waals surface area (Å²) in [6.07, 6.45) is 1.75. The third-order valence-electron chi connectivity index (χ3n) is 4.17. The van der Waals surface area contributed by atoms with Crippen molar-refractivity contribution in [3.05, 3.63) is 59.4 Å². The first-order chi connectivity index (χ1) is 11.0. The Hall–Kier alpha value is -2.82. The summed E-state index contributed by atoms with van der Waals surface area (Å²) in [5, 5.41) is 0. The lowest BCUT2D eigenvalue weighted by Gasteiger charge is -2.02. The minimum Gasteiger partial charge on any atom is -0.497 e. The van der Waals surface area contributed by atoms with Crippen LogP contribution < -0.4 is 15.1 Å². The van der Waals surface area contributed by atoms with Gasteiger partial charge in [0.25, 0.3) is 6.33 Å². The molecule has 0 saturated heterocycles.